The normalized spacial score (nSPS) is 28.2. The molecule has 0 spiro atoms. The van der Waals surface area contributed by atoms with E-state index in [0.717, 1.165) is 25.3 Å². The van der Waals surface area contributed by atoms with Gasteiger partial charge in [0.25, 0.3) is 0 Å². The van der Waals surface area contributed by atoms with E-state index >= 15 is 0 Å². The van der Waals surface area contributed by atoms with Crippen LogP contribution >= 0.6 is 11.8 Å². The van der Waals surface area contributed by atoms with E-state index in [1.54, 1.807) is 0 Å². The van der Waals surface area contributed by atoms with E-state index in [1.807, 2.05) is 11.8 Å². The maximum absolute atomic E-state index is 11.9. The van der Waals surface area contributed by atoms with Crippen LogP contribution in [0.4, 0.5) is 4.79 Å². The van der Waals surface area contributed by atoms with Crippen LogP contribution in [0.25, 0.3) is 0 Å². The predicted octanol–water partition coefficient (Wildman–Crippen LogP) is 2.30. The zero-order valence-electron chi connectivity index (χ0n) is 13.1. The fourth-order valence-electron chi connectivity index (χ4n) is 3.08. The highest BCUT2D eigenvalue weighted by Gasteiger charge is 2.42. The maximum atomic E-state index is 11.9. The lowest BCUT2D eigenvalue weighted by Gasteiger charge is -2.30. The summed E-state index contributed by atoms with van der Waals surface area (Å²) in [6.07, 6.45) is 9.34. The molecule has 2 saturated carbocycles. The predicted molar refractivity (Wildman–Crippen MR) is 86.3 cm³/mol. The molecule has 2 N–H and O–H groups in total. The first-order valence-corrected chi connectivity index (χ1v) is 9.00. The lowest BCUT2D eigenvalue weighted by Crippen LogP contribution is -2.46. The molecule has 0 heterocycles. The van der Waals surface area contributed by atoms with Gasteiger partial charge in [0.1, 0.15) is 0 Å². The van der Waals surface area contributed by atoms with Gasteiger partial charge in [-0.15, -0.1) is 0 Å². The molecule has 5 heteroatoms. The third kappa shape index (κ3) is 4.85. The fraction of sp³-hybridized carbons (Fsp3) is 0.933. The third-order valence-electron chi connectivity index (χ3n) is 4.62. The molecule has 0 aromatic heterocycles. The van der Waals surface area contributed by atoms with Crippen molar-refractivity contribution in [1.29, 1.82) is 0 Å². The summed E-state index contributed by atoms with van der Waals surface area (Å²) in [5.41, 5.74) is 0. The van der Waals surface area contributed by atoms with Gasteiger partial charge < -0.3 is 15.5 Å². The largest absolute Gasteiger partial charge is 0.337 e. The molecule has 0 bridgehead atoms. The highest BCUT2D eigenvalue weighted by atomic mass is 32.2. The van der Waals surface area contributed by atoms with Crippen LogP contribution in [0.2, 0.25) is 0 Å². The average Bonchev–Trinajstić information content (AvgIpc) is 3.19. The molecule has 0 aliphatic heterocycles. The Hall–Kier alpha value is -0.420. The van der Waals surface area contributed by atoms with Crippen LogP contribution in [-0.4, -0.2) is 55.2 Å². The van der Waals surface area contributed by atoms with E-state index in [2.05, 4.69) is 35.9 Å². The van der Waals surface area contributed by atoms with E-state index in [-0.39, 0.29) is 6.03 Å². The summed E-state index contributed by atoms with van der Waals surface area (Å²) in [5.74, 6) is 0.803. The van der Waals surface area contributed by atoms with Crippen LogP contribution in [0.3, 0.4) is 0 Å². The van der Waals surface area contributed by atoms with Gasteiger partial charge in [-0.05, 0) is 64.8 Å². The summed E-state index contributed by atoms with van der Waals surface area (Å²) in [5, 5.41) is 6.19. The molecule has 116 valence electrons. The van der Waals surface area contributed by atoms with Crippen molar-refractivity contribution in [2.45, 2.75) is 49.3 Å². The number of urea groups is 1. The first-order valence-electron chi connectivity index (χ1n) is 7.77. The average molecular weight is 299 g/mol. The molecule has 4 nitrogen and oxygen atoms in total. The van der Waals surface area contributed by atoms with Crippen LogP contribution in [-0.2, 0) is 0 Å². The van der Waals surface area contributed by atoms with E-state index < -0.39 is 0 Å². The number of carbonyl (C=O) groups excluding carboxylic acids is 1. The van der Waals surface area contributed by atoms with Crippen molar-refractivity contribution < 1.29 is 4.79 Å². The Morgan fingerprint density at radius 2 is 1.90 bits per heavy atom. The second-order valence-electron chi connectivity index (χ2n) is 6.69. The summed E-state index contributed by atoms with van der Waals surface area (Å²) >= 11 is 1.89. The van der Waals surface area contributed by atoms with Crippen LogP contribution in [0, 0.1) is 5.92 Å². The lowest BCUT2D eigenvalue weighted by atomic mass is 9.86. The molecule has 0 aromatic carbocycles. The van der Waals surface area contributed by atoms with Crippen LogP contribution < -0.4 is 10.6 Å². The molecule has 2 aliphatic carbocycles. The molecule has 0 saturated heterocycles. The Balaban J connectivity index is 1.61. The number of hydrogen-bond acceptors (Lipinski definition) is 3. The Kier molecular flexibility index (Phi) is 5.61. The van der Waals surface area contributed by atoms with Crippen molar-refractivity contribution in [1.82, 2.24) is 15.5 Å². The summed E-state index contributed by atoms with van der Waals surface area (Å²) in [6.45, 7) is 1.99. The standard InChI is InChI=1S/C15H29N3OS/c1-18(2)10-12-4-6-13(7-5-12)17-14(19)16-11-15(20-3)8-9-15/h12-13H,4-11H2,1-3H3,(H2,16,17,19). The first kappa shape index (κ1) is 16.0. The second kappa shape index (κ2) is 7.03. The van der Waals surface area contributed by atoms with Gasteiger partial charge in [-0.2, -0.15) is 11.8 Å². The van der Waals surface area contributed by atoms with Crippen molar-refractivity contribution in [3.8, 4) is 0 Å². The highest BCUT2D eigenvalue weighted by molar-refractivity contribution is 8.00. The van der Waals surface area contributed by atoms with Crippen molar-refractivity contribution >= 4 is 17.8 Å². The number of rotatable bonds is 6. The molecule has 2 aliphatic rings. The SMILES string of the molecule is CSC1(CNC(=O)NC2CCC(CN(C)C)CC2)CC1. The lowest BCUT2D eigenvalue weighted by molar-refractivity contribution is 0.215. The highest BCUT2D eigenvalue weighted by Crippen LogP contribution is 2.46. The van der Waals surface area contributed by atoms with Crippen molar-refractivity contribution in [2.75, 3.05) is 33.4 Å². The second-order valence-corrected chi connectivity index (χ2v) is 7.97. The molecule has 0 radical (unpaired) electrons. The van der Waals surface area contributed by atoms with Crippen molar-refractivity contribution in [3.63, 3.8) is 0 Å². The summed E-state index contributed by atoms with van der Waals surface area (Å²) in [6, 6.07) is 0.402. The van der Waals surface area contributed by atoms with Gasteiger partial charge in [0.15, 0.2) is 0 Å². The Labute approximate surface area is 127 Å². The van der Waals surface area contributed by atoms with E-state index in [0.29, 0.717) is 10.8 Å². The molecule has 0 unspecified atom stereocenters. The first-order chi connectivity index (χ1) is 9.53. The van der Waals surface area contributed by atoms with Gasteiger partial charge in [-0.1, -0.05) is 0 Å². The number of nitrogens with zero attached hydrogens (tertiary/aromatic N) is 1. The minimum Gasteiger partial charge on any atom is -0.337 e. The maximum Gasteiger partial charge on any atom is 0.315 e. The molecular weight excluding hydrogens is 270 g/mol. The number of amides is 2. The molecule has 0 aromatic rings. The van der Waals surface area contributed by atoms with Gasteiger partial charge in [-0.3, -0.25) is 0 Å². The van der Waals surface area contributed by atoms with E-state index in [4.69, 9.17) is 0 Å². The number of nitrogens with one attached hydrogen (secondary N) is 2. The van der Waals surface area contributed by atoms with Crippen LogP contribution in [0.15, 0.2) is 0 Å². The molecule has 2 fully saturated rings. The monoisotopic (exact) mass is 299 g/mol. The quantitative estimate of drug-likeness (QED) is 0.791. The number of carbonyl (C=O) groups is 1. The molecule has 2 rings (SSSR count). The van der Waals surface area contributed by atoms with Gasteiger partial charge in [0, 0.05) is 23.9 Å². The van der Waals surface area contributed by atoms with Gasteiger partial charge in [0.05, 0.1) is 0 Å². The minimum absolute atomic E-state index is 0.0291. The van der Waals surface area contributed by atoms with E-state index in [9.17, 15) is 4.79 Å². The Bertz CT molecular complexity index is 323. The summed E-state index contributed by atoms with van der Waals surface area (Å²) in [4.78, 5) is 14.2. The van der Waals surface area contributed by atoms with Crippen LogP contribution in [0.5, 0.6) is 0 Å². The Morgan fingerprint density at radius 3 is 2.40 bits per heavy atom. The number of thioether (sulfide) groups is 1. The zero-order chi connectivity index (χ0) is 14.6. The van der Waals surface area contributed by atoms with E-state index in [1.165, 1.54) is 32.2 Å². The molecule has 20 heavy (non-hydrogen) atoms. The van der Waals surface area contributed by atoms with Gasteiger partial charge in [0.2, 0.25) is 0 Å². The Morgan fingerprint density at radius 1 is 1.25 bits per heavy atom. The van der Waals surface area contributed by atoms with Crippen molar-refractivity contribution in [3.05, 3.63) is 0 Å². The van der Waals surface area contributed by atoms with Crippen molar-refractivity contribution in [2.24, 2.45) is 5.92 Å². The number of hydrogen-bond donors (Lipinski definition) is 2. The topological polar surface area (TPSA) is 44.4 Å². The summed E-state index contributed by atoms with van der Waals surface area (Å²) < 4.78 is 0.348. The molecule has 2 amide bonds. The van der Waals surface area contributed by atoms with Gasteiger partial charge in [-0.25, -0.2) is 4.79 Å². The molecular formula is C15H29N3OS. The van der Waals surface area contributed by atoms with Crippen LogP contribution in [0.1, 0.15) is 38.5 Å². The summed E-state index contributed by atoms with van der Waals surface area (Å²) in [7, 11) is 4.27. The fourth-order valence-corrected chi connectivity index (χ4v) is 3.80. The minimum atomic E-state index is 0.0291. The third-order valence-corrected chi connectivity index (χ3v) is 6.04. The zero-order valence-corrected chi connectivity index (χ0v) is 13.9. The van der Waals surface area contributed by atoms with Gasteiger partial charge >= 0.3 is 6.03 Å². The smallest absolute Gasteiger partial charge is 0.315 e. The molecule has 0 atom stereocenters.